The van der Waals surface area contributed by atoms with Crippen LogP contribution in [0.25, 0.3) is 0 Å². The Kier molecular flexibility index (Phi) is 6.10. The first-order valence-electron chi connectivity index (χ1n) is 7.07. The fourth-order valence-electron chi connectivity index (χ4n) is 1.95. The Bertz CT molecular complexity index is 404. The van der Waals surface area contributed by atoms with Crippen molar-refractivity contribution in [1.29, 1.82) is 0 Å². The molecule has 0 fully saturated rings. The van der Waals surface area contributed by atoms with Gasteiger partial charge in [-0.05, 0) is 29.0 Å². The largest absolute Gasteiger partial charge is 0.492 e. The summed E-state index contributed by atoms with van der Waals surface area (Å²) in [7, 11) is 0. The Morgan fingerprint density at radius 3 is 2.63 bits per heavy atom. The maximum atomic E-state index is 5.91. The fraction of sp³-hybridized carbons (Fsp3) is 0.529. The molecule has 0 radical (unpaired) electrons. The van der Waals surface area contributed by atoms with Crippen molar-refractivity contribution in [3.05, 3.63) is 42.0 Å². The highest BCUT2D eigenvalue weighted by molar-refractivity contribution is 5.41. The first kappa shape index (κ1) is 15.8. The van der Waals surface area contributed by atoms with Crippen LogP contribution >= 0.6 is 0 Å². The number of hydrogen-bond donors (Lipinski definition) is 1. The normalized spacial score (nSPS) is 11.4. The molecule has 1 rings (SSSR count). The Morgan fingerprint density at radius 1 is 1.32 bits per heavy atom. The van der Waals surface area contributed by atoms with E-state index in [1.165, 1.54) is 11.1 Å². The standard InChI is InChI=1S/C17H27NO/c1-6-10-18-11-12-19-16-9-8-14(7-2)13-15(16)17(3,4)5/h6,8-9,13,18H,1,7,10-12H2,2-5H3. The van der Waals surface area contributed by atoms with Crippen molar-refractivity contribution in [3.63, 3.8) is 0 Å². The van der Waals surface area contributed by atoms with Gasteiger partial charge in [0.15, 0.2) is 0 Å². The Morgan fingerprint density at radius 2 is 2.05 bits per heavy atom. The quantitative estimate of drug-likeness (QED) is 0.597. The number of hydrogen-bond acceptors (Lipinski definition) is 2. The number of benzene rings is 1. The van der Waals surface area contributed by atoms with E-state index in [2.05, 4.69) is 57.8 Å². The summed E-state index contributed by atoms with van der Waals surface area (Å²) in [5, 5.41) is 3.24. The lowest BCUT2D eigenvalue weighted by Gasteiger charge is -2.23. The number of aryl methyl sites for hydroxylation is 1. The number of ether oxygens (including phenoxy) is 1. The van der Waals surface area contributed by atoms with E-state index in [0.717, 1.165) is 25.3 Å². The minimum atomic E-state index is 0.106. The summed E-state index contributed by atoms with van der Waals surface area (Å²) in [5.41, 5.74) is 2.76. The summed E-state index contributed by atoms with van der Waals surface area (Å²) >= 11 is 0. The van der Waals surface area contributed by atoms with Crippen molar-refractivity contribution >= 4 is 0 Å². The first-order valence-corrected chi connectivity index (χ1v) is 7.07. The smallest absolute Gasteiger partial charge is 0.123 e. The van der Waals surface area contributed by atoms with Crippen LogP contribution in [0.4, 0.5) is 0 Å². The van der Waals surface area contributed by atoms with E-state index in [-0.39, 0.29) is 5.41 Å². The highest BCUT2D eigenvalue weighted by Crippen LogP contribution is 2.32. The lowest BCUT2D eigenvalue weighted by Crippen LogP contribution is -2.22. The molecule has 0 saturated heterocycles. The zero-order valence-electron chi connectivity index (χ0n) is 12.8. The van der Waals surface area contributed by atoms with Gasteiger partial charge in [-0.3, -0.25) is 0 Å². The molecule has 0 atom stereocenters. The molecule has 0 amide bonds. The van der Waals surface area contributed by atoms with E-state index in [0.29, 0.717) is 6.61 Å². The van der Waals surface area contributed by atoms with Gasteiger partial charge in [0.05, 0.1) is 0 Å². The van der Waals surface area contributed by atoms with Gasteiger partial charge in [-0.2, -0.15) is 0 Å². The topological polar surface area (TPSA) is 21.3 Å². The predicted octanol–water partition coefficient (Wildman–Crippen LogP) is 3.70. The molecule has 106 valence electrons. The summed E-state index contributed by atoms with van der Waals surface area (Å²) < 4.78 is 5.91. The summed E-state index contributed by atoms with van der Waals surface area (Å²) in [6.07, 6.45) is 2.92. The first-order chi connectivity index (χ1) is 8.99. The summed E-state index contributed by atoms with van der Waals surface area (Å²) in [4.78, 5) is 0. The third kappa shape index (κ3) is 5.07. The Balaban J connectivity index is 2.73. The zero-order valence-corrected chi connectivity index (χ0v) is 12.8. The molecule has 2 heteroatoms. The van der Waals surface area contributed by atoms with Gasteiger partial charge in [-0.1, -0.05) is 45.9 Å². The van der Waals surface area contributed by atoms with Gasteiger partial charge >= 0.3 is 0 Å². The van der Waals surface area contributed by atoms with Crippen LogP contribution < -0.4 is 10.1 Å². The van der Waals surface area contributed by atoms with Crippen molar-refractivity contribution in [1.82, 2.24) is 5.32 Å². The monoisotopic (exact) mass is 261 g/mol. The second kappa shape index (κ2) is 7.34. The van der Waals surface area contributed by atoms with Crippen molar-refractivity contribution in [2.24, 2.45) is 0 Å². The highest BCUT2D eigenvalue weighted by Gasteiger charge is 2.19. The van der Waals surface area contributed by atoms with E-state index < -0.39 is 0 Å². The van der Waals surface area contributed by atoms with Gasteiger partial charge in [0.25, 0.3) is 0 Å². The number of nitrogens with one attached hydrogen (secondary N) is 1. The molecular formula is C17H27NO. The van der Waals surface area contributed by atoms with Crippen LogP contribution in [0.3, 0.4) is 0 Å². The van der Waals surface area contributed by atoms with Gasteiger partial charge in [0.1, 0.15) is 12.4 Å². The third-order valence-corrected chi connectivity index (χ3v) is 3.09. The SMILES string of the molecule is C=CCNCCOc1ccc(CC)cc1C(C)(C)C. The van der Waals surface area contributed by atoms with Crippen LogP contribution in [0.2, 0.25) is 0 Å². The van der Waals surface area contributed by atoms with Gasteiger partial charge in [-0.15, -0.1) is 6.58 Å². The molecule has 19 heavy (non-hydrogen) atoms. The maximum absolute atomic E-state index is 5.91. The zero-order chi connectivity index (χ0) is 14.3. The summed E-state index contributed by atoms with van der Waals surface area (Å²) in [6, 6.07) is 6.53. The maximum Gasteiger partial charge on any atom is 0.123 e. The fourth-order valence-corrected chi connectivity index (χ4v) is 1.95. The van der Waals surface area contributed by atoms with Crippen LogP contribution in [0.1, 0.15) is 38.8 Å². The van der Waals surface area contributed by atoms with Crippen LogP contribution in [0, 0.1) is 0 Å². The molecule has 1 N–H and O–H groups in total. The summed E-state index contributed by atoms with van der Waals surface area (Å²) in [6.45, 7) is 14.9. The van der Waals surface area contributed by atoms with Crippen LogP contribution in [0.15, 0.2) is 30.9 Å². The minimum Gasteiger partial charge on any atom is -0.492 e. The van der Waals surface area contributed by atoms with Crippen LogP contribution in [0.5, 0.6) is 5.75 Å². The van der Waals surface area contributed by atoms with Gasteiger partial charge in [-0.25, -0.2) is 0 Å². The van der Waals surface area contributed by atoms with Crippen LogP contribution in [-0.4, -0.2) is 19.7 Å². The molecule has 0 aromatic heterocycles. The molecule has 1 aromatic rings. The van der Waals surface area contributed by atoms with E-state index in [1.54, 1.807) is 0 Å². The van der Waals surface area contributed by atoms with E-state index in [9.17, 15) is 0 Å². The average molecular weight is 261 g/mol. The summed E-state index contributed by atoms with van der Waals surface area (Å²) in [5.74, 6) is 1.00. The highest BCUT2D eigenvalue weighted by atomic mass is 16.5. The van der Waals surface area contributed by atoms with Crippen molar-refractivity contribution in [2.75, 3.05) is 19.7 Å². The van der Waals surface area contributed by atoms with Crippen molar-refractivity contribution in [3.8, 4) is 5.75 Å². The molecule has 0 saturated carbocycles. The molecule has 0 unspecified atom stereocenters. The van der Waals surface area contributed by atoms with Gasteiger partial charge in [0.2, 0.25) is 0 Å². The molecule has 0 bridgehead atoms. The number of rotatable bonds is 7. The van der Waals surface area contributed by atoms with E-state index in [1.807, 2.05) is 6.08 Å². The molecule has 0 spiro atoms. The Hall–Kier alpha value is -1.28. The molecule has 1 aromatic carbocycles. The van der Waals surface area contributed by atoms with Gasteiger partial charge in [0, 0.05) is 13.1 Å². The molecule has 0 heterocycles. The van der Waals surface area contributed by atoms with E-state index >= 15 is 0 Å². The second-order valence-corrected chi connectivity index (χ2v) is 5.78. The molecule has 0 aliphatic carbocycles. The van der Waals surface area contributed by atoms with Crippen molar-refractivity contribution < 1.29 is 4.74 Å². The Labute approximate surface area is 117 Å². The molecular weight excluding hydrogens is 234 g/mol. The average Bonchev–Trinajstić information content (AvgIpc) is 2.37. The minimum absolute atomic E-state index is 0.106. The van der Waals surface area contributed by atoms with Crippen molar-refractivity contribution in [2.45, 2.75) is 39.5 Å². The second-order valence-electron chi connectivity index (χ2n) is 5.78. The molecule has 0 aliphatic rings. The lowest BCUT2D eigenvalue weighted by atomic mass is 9.85. The molecule has 0 aliphatic heterocycles. The third-order valence-electron chi connectivity index (χ3n) is 3.09. The molecule has 2 nitrogen and oxygen atoms in total. The van der Waals surface area contributed by atoms with E-state index in [4.69, 9.17) is 4.74 Å². The predicted molar refractivity (Wildman–Crippen MR) is 83.1 cm³/mol. The lowest BCUT2D eigenvalue weighted by molar-refractivity contribution is 0.308. The van der Waals surface area contributed by atoms with Gasteiger partial charge < -0.3 is 10.1 Å². The van der Waals surface area contributed by atoms with Crippen LogP contribution in [-0.2, 0) is 11.8 Å².